The van der Waals surface area contributed by atoms with Gasteiger partial charge in [0.2, 0.25) is 33.6 Å². The fraction of sp³-hybridized carbons (Fsp3) is 0.632. The van der Waals surface area contributed by atoms with E-state index in [1.807, 2.05) is 19.1 Å². The molecular weight excluding hydrogens is 720 g/mol. The highest BCUT2D eigenvalue weighted by molar-refractivity contribution is 7.91. The van der Waals surface area contributed by atoms with Gasteiger partial charge in [0.1, 0.15) is 40.9 Å². The first-order valence-corrected chi connectivity index (χ1v) is 20.1. The van der Waals surface area contributed by atoms with Gasteiger partial charge in [0.05, 0.1) is 30.9 Å². The largest absolute Gasteiger partial charge is 0.497 e. The third-order valence-electron chi connectivity index (χ3n) is 11.2. The molecular formula is C38H51FN6O8S. The fourth-order valence-electron chi connectivity index (χ4n) is 7.44. The highest BCUT2D eigenvalue weighted by atomic mass is 32.2. The molecule has 294 valence electrons. The average Bonchev–Trinajstić information content (AvgIpc) is 4.02. The van der Waals surface area contributed by atoms with Crippen LogP contribution >= 0.6 is 0 Å². The first kappa shape index (κ1) is 39.4. The van der Waals surface area contributed by atoms with Crippen LogP contribution in [0.2, 0.25) is 0 Å². The zero-order valence-corrected chi connectivity index (χ0v) is 32.5. The van der Waals surface area contributed by atoms with Gasteiger partial charge in [0.15, 0.2) is 0 Å². The molecule has 2 aromatic rings. The van der Waals surface area contributed by atoms with Gasteiger partial charge in [-0.05, 0) is 62.5 Å². The molecule has 1 aromatic heterocycles. The maximum Gasteiger partial charge on any atom is 0.259 e. The predicted molar refractivity (Wildman–Crippen MR) is 197 cm³/mol. The third kappa shape index (κ3) is 7.89. The van der Waals surface area contributed by atoms with Gasteiger partial charge in [-0.25, -0.2) is 22.8 Å². The quantitative estimate of drug-likeness (QED) is 0.337. The van der Waals surface area contributed by atoms with Crippen molar-refractivity contribution in [2.24, 2.45) is 23.2 Å². The van der Waals surface area contributed by atoms with E-state index in [1.54, 1.807) is 39.0 Å². The molecule has 2 aliphatic heterocycles. The molecule has 2 saturated carbocycles. The molecule has 0 radical (unpaired) electrons. The summed E-state index contributed by atoms with van der Waals surface area (Å²) in [6.45, 7) is 8.07. The number of carbonyl (C=O) groups is 4. The SMILES string of the molecule is COc1ccc2ncc(O[C@@H]3C[C@H]4C(=O)N[C@]5(C(=O)NS(=O)(=O)C6(CF)CC6)CC5/C=C\CC[C@@H](C)C[C@@H](C)[C@H](NC(=O)C(C)(C)C)C(=O)N4C3)nc2c1. The molecule has 3 N–H and O–H groups in total. The number of carbonyl (C=O) groups excluding carboxylic acids is 4. The number of nitrogens with one attached hydrogen (secondary N) is 3. The fourth-order valence-corrected chi connectivity index (χ4v) is 8.86. The number of sulfonamides is 1. The summed E-state index contributed by atoms with van der Waals surface area (Å²) >= 11 is 0. The maximum absolute atomic E-state index is 14.7. The number of methoxy groups -OCH3 is 1. The Hall–Kier alpha value is -4.34. The number of hydrogen-bond donors (Lipinski definition) is 3. The number of allylic oxidation sites excluding steroid dienone is 1. The summed E-state index contributed by atoms with van der Waals surface area (Å²) < 4.78 is 52.1. The van der Waals surface area contributed by atoms with Crippen LogP contribution in [-0.4, -0.2) is 95.7 Å². The molecule has 4 amide bonds. The number of nitrogens with zero attached hydrogens (tertiary/aromatic N) is 3. The Bertz CT molecular complexity index is 1950. The number of alkyl halides is 1. The lowest BCUT2D eigenvalue weighted by Crippen LogP contribution is -2.60. The summed E-state index contributed by atoms with van der Waals surface area (Å²) in [6, 6.07) is 3.09. The molecule has 4 aliphatic rings. The molecule has 7 atom stereocenters. The molecule has 16 heteroatoms. The van der Waals surface area contributed by atoms with Crippen LogP contribution in [0, 0.1) is 23.2 Å². The number of aromatic nitrogens is 2. The Labute approximate surface area is 315 Å². The van der Waals surface area contributed by atoms with Crippen molar-refractivity contribution >= 4 is 44.7 Å². The normalized spacial score (nSPS) is 30.5. The van der Waals surface area contributed by atoms with Gasteiger partial charge < -0.3 is 25.0 Å². The standard InChI is InChI=1S/C38H51FN6O8S/c1-22-9-7-8-10-24-18-38(24,35(49)44-54(50,51)37(21-39)13-14-37)43-32(46)29-17-26(53-30-19-40-27-12-11-25(52-6)16-28(27)41-30)20-45(29)33(47)31(23(2)15-22)42-34(48)36(3,4)5/h8,10-12,16,19,22-24,26,29,31H,7,9,13-15,17-18,20-21H2,1-6H3,(H,42,48)(H,43,46)(H,44,49)/b10-8-/t22-,23-,24?,26-,29+,31+,38-/m1/s1. The predicted octanol–water partition coefficient (Wildman–Crippen LogP) is 3.35. The van der Waals surface area contributed by atoms with Crippen molar-refractivity contribution in [3.05, 3.63) is 36.5 Å². The summed E-state index contributed by atoms with van der Waals surface area (Å²) in [5.74, 6) is -2.38. The molecule has 2 aliphatic carbocycles. The number of rotatable bonds is 8. The van der Waals surface area contributed by atoms with Gasteiger partial charge in [-0.3, -0.25) is 23.9 Å². The average molecular weight is 771 g/mol. The van der Waals surface area contributed by atoms with Crippen molar-refractivity contribution in [2.75, 3.05) is 20.3 Å². The van der Waals surface area contributed by atoms with Crippen molar-refractivity contribution in [3.8, 4) is 11.6 Å². The first-order valence-electron chi connectivity index (χ1n) is 18.6. The Balaban J connectivity index is 1.34. The minimum Gasteiger partial charge on any atom is -0.497 e. The zero-order valence-electron chi connectivity index (χ0n) is 31.7. The molecule has 0 spiro atoms. The third-order valence-corrected chi connectivity index (χ3v) is 13.4. The Morgan fingerprint density at radius 1 is 1.13 bits per heavy atom. The van der Waals surface area contributed by atoms with Gasteiger partial charge in [0.25, 0.3) is 5.91 Å². The first-order chi connectivity index (χ1) is 25.4. The van der Waals surface area contributed by atoms with Crippen molar-refractivity contribution in [2.45, 2.75) is 108 Å². The number of halogens is 1. The minimum atomic E-state index is -4.37. The Kier molecular flexibility index (Phi) is 10.7. The second kappa shape index (κ2) is 14.7. The smallest absolute Gasteiger partial charge is 0.259 e. The Morgan fingerprint density at radius 2 is 1.87 bits per heavy atom. The number of benzene rings is 1. The topological polar surface area (TPSA) is 186 Å². The molecule has 3 heterocycles. The van der Waals surface area contributed by atoms with Crippen LogP contribution in [0.5, 0.6) is 11.6 Å². The van der Waals surface area contributed by atoms with Crippen LogP contribution in [0.3, 0.4) is 0 Å². The second-order valence-corrected chi connectivity index (χ2v) is 18.7. The van der Waals surface area contributed by atoms with E-state index in [4.69, 9.17) is 9.47 Å². The van der Waals surface area contributed by atoms with E-state index < -0.39 is 74.2 Å². The Morgan fingerprint density at radius 3 is 2.54 bits per heavy atom. The van der Waals surface area contributed by atoms with E-state index >= 15 is 0 Å². The maximum atomic E-state index is 14.7. The van der Waals surface area contributed by atoms with E-state index in [9.17, 15) is 32.0 Å². The molecule has 1 saturated heterocycles. The van der Waals surface area contributed by atoms with Gasteiger partial charge in [-0.2, -0.15) is 0 Å². The lowest BCUT2D eigenvalue weighted by atomic mass is 9.86. The number of amides is 4. The minimum absolute atomic E-state index is 0.00158. The molecule has 54 heavy (non-hydrogen) atoms. The molecule has 1 aromatic carbocycles. The highest BCUT2D eigenvalue weighted by Gasteiger charge is 2.64. The van der Waals surface area contributed by atoms with E-state index in [1.165, 1.54) is 18.2 Å². The van der Waals surface area contributed by atoms with Crippen LogP contribution in [0.25, 0.3) is 11.0 Å². The monoisotopic (exact) mass is 770 g/mol. The summed E-state index contributed by atoms with van der Waals surface area (Å²) in [6.07, 6.45) is 6.75. The molecule has 1 unspecified atom stereocenters. The van der Waals surface area contributed by atoms with Gasteiger partial charge in [-0.15, -0.1) is 0 Å². The van der Waals surface area contributed by atoms with Crippen LogP contribution in [-0.2, 0) is 29.2 Å². The highest BCUT2D eigenvalue weighted by Crippen LogP contribution is 2.48. The van der Waals surface area contributed by atoms with Gasteiger partial charge >= 0.3 is 0 Å². The zero-order chi connectivity index (χ0) is 39.2. The van der Waals surface area contributed by atoms with Crippen molar-refractivity contribution in [1.82, 2.24) is 30.2 Å². The number of hydrogen-bond acceptors (Lipinski definition) is 10. The number of ether oxygens (including phenoxy) is 2. The lowest BCUT2D eigenvalue weighted by molar-refractivity contribution is -0.144. The van der Waals surface area contributed by atoms with Crippen molar-refractivity contribution in [3.63, 3.8) is 0 Å². The summed E-state index contributed by atoms with van der Waals surface area (Å²) in [5, 5.41) is 5.80. The van der Waals surface area contributed by atoms with Crippen molar-refractivity contribution in [1.29, 1.82) is 0 Å². The van der Waals surface area contributed by atoms with Gasteiger partial charge in [0, 0.05) is 23.8 Å². The molecule has 14 nitrogen and oxygen atoms in total. The van der Waals surface area contributed by atoms with Crippen LogP contribution in [0.15, 0.2) is 36.5 Å². The molecule has 0 bridgehead atoms. The van der Waals surface area contributed by atoms with E-state index in [-0.39, 0.29) is 55.9 Å². The summed E-state index contributed by atoms with van der Waals surface area (Å²) in [5.41, 5.74) is -1.32. The van der Waals surface area contributed by atoms with Crippen LogP contribution in [0.4, 0.5) is 4.39 Å². The van der Waals surface area contributed by atoms with Crippen molar-refractivity contribution < 1.29 is 41.5 Å². The van der Waals surface area contributed by atoms with Gasteiger partial charge in [-0.1, -0.05) is 46.8 Å². The van der Waals surface area contributed by atoms with Crippen LogP contribution < -0.4 is 24.8 Å². The molecule has 6 rings (SSSR count). The van der Waals surface area contributed by atoms with E-state index in [2.05, 4.69) is 32.2 Å². The van der Waals surface area contributed by atoms with E-state index in [0.717, 1.165) is 6.42 Å². The van der Waals surface area contributed by atoms with E-state index in [0.29, 0.717) is 29.6 Å². The lowest BCUT2D eigenvalue weighted by Gasteiger charge is -2.34. The van der Waals surface area contributed by atoms with Crippen LogP contribution in [0.1, 0.15) is 79.6 Å². The second-order valence-electron chi connectivity index (χ2n) is 16.6. The number of fused-ring (bicyclic) bond motifs is 3. The summed E-state index contributed by atoms with van der Waals surface area (Å²) in [4.78, 5) is 66.7. The summed E-state index contributed by atoms with van der Waals surface area (Å²) in [7, 11) is -2.83. The molecule has 3 fully saturated rings.